The summed E-state index contributed by atoms with van der Waals surface area (Å²) in [4.78, 5) is 4.23. The summed E-state index contributed by atoms with van der Waals surface area (Å²) in [5.74, 6) is 2.58. The van der Waals surface area contributed by atoms with Crippen molar-refractivity contribution in [3.63, 3.8) is 0 Å². The van der Waals surface area contributed by atoms with E-state index in [1.165, 1.54) is 0 Å². The standard InChI is InChI=1S/C10H19N3OS/c1-3-15(14)9-7-11-5-4-10-12-6-8-13(10)2/h6,8,11H,3-5,7,9H2,1-2H3. The topological polar surface area (TPSA) is 46.9 Å². The third-order valence-electron chi connectivity index (χ3n) is 2.27. The number of rotatable bonds is 7. The van der Waals surface area contributed by atoms with E-state index in [-0.39, 0.29) is 0 Å². The Morgan fingerprint density at radius 1 is 1.53 bits per heavy atom. The number of hydrogen-bond acceptors (Lipinski definition) is 3. The van der Waals surface area contributed by atoms with Crippen molar-refractivity contribution in [2.24, 2.45) is 7.05 Å². The molecule has 1 N–H and O–H groups in total. The van der Waals surface area contributed by atoms with E-state index >= 15 is 0 Å². The molecule has 0 spiro atoms. The van der Waals surface area contributed by atoms with Crippen LogP contribution in [-0.4, -0.2) is 38.4 Å². The van der Waals surface area contributed by atoms with Gasteiger partial charge >= 0.3 is 0 Å². The van der Waals surface area contributed by atoms with Crippen LogP contribution in [0, 0.1) is 0 Å². The van der Waals surface area contributed by atoms with Crippen molar-refractivity contribution < 1.29 is 4.21 Å². The van der Waals surface area contributed by atoms with Crippen molar-refractivity contribution in [3.05, 3.63) is 18.2 Å². The maximum Gasteiger partial charge on any atom is 0.109 e. The average molecular weight is 229 g/mol. The van der Waals surface area contributed by atoms with E-state index in [4.69, 9.17) is 0 Å². The van der Waals surface area contributed by atoms with Crippen LogP contribution in [-0.2, 0) is 24.3 Å². The Bertz CT molecular complexity index is 311. The summed E-state index contributed by atoms with van der Waals surface area (Å²) in [7, 11) is 1.34. The fourth-order valence-electron chi connectivity index (χ4n) is 1.29. The van der Waals surface area contributed by atoms with Gasteiger partial charge in [-0.05, 0) is 0 Å². The molecule has 15 heavy (non-hydrogen) atoms. The third-order valence-corrected chi connectivity index (χ3v) is 3.58. The predicted molar refractivity (Wildman–Crippen MR) is 63.3 cm³/mol. The zero-order valence-corrected chi connectivity index (χ0v) is 10.2. The van der Waals surface area contributed by atoms with Gasteiger partial charge < -0.3 is 9.88 Å². The van der Waals surface area contributed by atoms with Crippen LogP contribution in [0.25, 0.3) is 0 Å². The molecular weight excluding hydrogens is 210 g/mol. The van der Waals surface area contributed by atoms with Gasteiger partial charge in [-0.3, -0.25) is 4.21 Å². The normalized spacial score (nSPS) is 12.9. The highest BCUT2D eigenvalue weighted by Crippen LogP contribution is 1.93. The second-order valence-electron chi connectivity index (χ2n) is 3.39. The van der Waals surface area contributed by atoms with Crippen LogP contribution in [0.4, 0.5) is 0 Å². The lowest BCUT2D eigenvalue weighted by atomic mass is 10.4. The van der Waals surface area contributed by atoms with Crippen LogP contribution >= 0.6 is 0 Å². The molecule has 0 aliphatic heterocycles. The first-order valence-corrected chi connectivity index (χ1v) is 6.74. The van der Waals surface area contributed by atoms with Crippen LogP contribution in [0.1, 0.15) is 12.7 Å². The molecule has 5 heteroatoms. The van der Waals surface area contributed by atoms with Gasteiger partial charge in [0.25, 0.3) is 0 Å². The summed E-state index contributed by atoms with van der Waals surface area (Å²) < 4.78 is 13.1. The van der Waals surface area contributed by atoms with Crippen LogP contribution in [0.15, 0.2) is 12.4 Å². The molecule has 0 aliphatic carbocycles. The lowest BCUT2D eigenvalue weighted by Gasteiger charge is -2.04. The summed E-state index contributed by atoms with van der Waals surface area (Å²) in [6.45, 7) is 3.67. The van der Waals surface area contributed by atoms with Crippen molar-refractivity contribution in [2.75, 3.05) is 24.6 Å². The first kappa shape index (κ1) is 12.4. The largest absolute Gasteiger partial charge is 0.338 e. The second kappa shape index (κ2) is 6.74. The monoisotopic (exact) mass is 229 g/mol. The molecule has 1 aromatic rings. The highest BCUT2D eigenvalue weighted by Gasteiger charge is 1.99. The van der Waals surface area contributed by atoms with Crippen molar-refractivity contribution in [2.45, 2.75) is 13.3 Å². The maximum atomic E-state index is 11.1. The fourth-order valence-corrected chi connectivity index (χ4v) is 1.95. The molecule has 0 amide bonds. The molecule has 4 nitrogen and oxygen atoms in total. The molecule has 1 rings (SSSR count). The Labute approximate surface area is 93.5 Å². The van der Waals surface area contributed by atoms with Gasteiger partial charge in [0.1, 0.15) is 5.82 Å². The van der Waals surface area contributed by atoms with Gasteiger partial charge in [-0.25, -0.2) is 4.98 Å². The average Bonchev–Trinajstić information content (AvgIpc) is 2.63. The smallest absolute Gasteiger partial charge is 0.109 e. The van der Waals surface area contributed by atoms with Gasteiger partial charge in [-0.15, -0.1) is 0 Å². The lowest BCUT2D eigenvalue weighted by molar-refractivity contribution is 0.662. The zero-order chi connectivity index (χ0) is 11.1. The number of hydrogen-bond donors (Lipinski definition) is 1. The molecule has 86 valence electrons. The highest BCUT2D eigenvalue weighted by molar-refractivity contribution is 7.84. The molecule has 0 aromatic carbocycles. The van der Waals surface area contributed by atoms with E-state index in [9.17, 15) is 4.21 Å². The number of aromatic nitrogens is 2. The van der Waals surface area contributed by atoms with Gasteiger partial charge in [0.2, 0.25) is 0 Å². The minimum atomic E-state index is -0.655. The van der Waals surface area contributed by atoms with E-state index in [0.29, 0.717) is 0 Å². The Hall–Kier alpha value is -0.680. The molecule has 1 unspecified atom stereocenters. The first-order valence-electron chi connectivity index (χ1n) is 5.26. The van der Waals surface area contributed by atoms with E-state index in [0.717, 1.165) is 36.8 Å². The summed E-state index contributed by atoms with van der Waals surface area (Å²) in [6.07, 6.45) is 4.67. The van der Waals surface area contributed by atoms with Gasteiger partial charge in [0, 0.05) is 61.3 Å². The van der Waals surface area contributed by atoms with Crippen molar-refractivity contribution in [1.29, 1.82) is 0 Å². The lowest BCUT2D eigenvalue weighted by Crippen LogP contribution is -2.24. The molecule has 0 saturated carbocycles. The summed E-state index contributed by atoms with van der Waals surface area (Å²) >= 11 is 0. The molecular formula is C10H19N3OS. The van der Waals surface area contributed by atoms with E-state index in [1.807, 2.05) is 30.9 Å². The minimum Gasteiger partial charge on any atom is -0.338 e. The number of aryl methyl sites for hydroxylation is 1. The second-order valence-corrected chi connectivity index (χ2v) is 5.25. The van der Waals surface area contributed by atoms with Gasteiger partial charge in [0.15, 0.2) is 0 Å². The van der Waals surface area contributed by atoms with Crippen LogP contribution in [0.2, 0.25) is 0 Å². The quantitative estimate of drug-likeness (QED) is 0.685. The molecule has 0 bridgehead atoms. The first-order chi connectivity index (χ1) is 7.24. The highest BCUT2D eigenvalue weighted by atomic mass is 32.2. The Morgan fingerprint density at radius 2 is 2.33 bits per heavy atom. The van der Waals surface area contributed by atoms with Crippen molar-refractivity contribution in [1.82, 2.24) is 14.9 Å². The minimum absolute atomic E-state index is 0.655. The number of nitrogens with one attached hydrogen (secondary N) is 1. The Morgan fingerprint density at radius 3 is 2.93 bits per heavy atom. The van der Waals surface area contributed by atoms with Crippen LogP contribution in [0.3, 0.4) is 0 Å². The number of imidazole rings is 1. The van der Waals surface area contributed by atoms with E-state index < -0.39 is 10.8 Å². The maximum absolute atomic E-state index is 11.1. The summed E-state index contributed by atoms with van der Waals surface area (Å²) in [6, 6.07) is 0. The van der Waals surface area contributed by atoms with Gasteiger partial charge in [-0.1, -0.05) is 6.92 Å². The SMILES string of the molecule is CCS(=O)CCNCCc1nccn1C. The molecule has 1 aromatic heterocycles. The van der Waals surface area contributed by atoms with Crippen LogP contribution in [0.5, 0.6) is 0 Å². The third kappa shape index (κ3) is 4.57. The molecule has 1 heterocycles. The summed E-state index contributed by atoms with van der Waals surface area (Å²) in [5, 5.41) is 3.27. The number of nitrogens with zero attached hydrogens (tertiary/aromatic N) is 2. The fraction of sp³-hybridized carbons (Fsp3) is 0.700. The van der Waals surface area contributed by atoms with Gasteiger partial charge in [0.05, 0.1) is 0 Å². The predicted octanol–water partition coefficient (Wildman–Crippen LogP) is 0.321. The molecule has 0 radical (unpaired) electrons. The molecule has 1 atom stereocenters. The Balaban J connectivity index is 2.07. The molecule has 0 saturated heterocycles. The van der Waals surface area contributed by atoms with Crippen molar-refractivity contribution >= 4 is 10.8 Å². The van der Waals surface area contributed by atoms with E-state index in [1.54, 1.807) is 0 Å². The molecule has 0 fully saturated rings. The van der Waals surface area contributed by atoms with Gasteiger partial charge in [-0.2, -0.15) is 0 Å². The van der Waals surface area contributed by atoms with Crippen molar-refractivity contribution in [3.8, 4) is 0 Å². The Kier molecular flexibility index (Phi) is 5.57. The summed E-state index contributed by atoms with van der Waals surface area (Å²) in [5.41, 5.74) is 0. The van der Waals surface area contributed by atoms with Crippen LogP contribution < -0.4 is 5.32 Å². The molecule has 0 aliphatic rings. The zero-order valence-electron chi connectivity index (χ0n) is 9.40. The van der Waals surface area contributed by atoms with E-state index in [2.05, 4.69) is 10.3 Å².